The van der Waals surface area contributed by atoms with Gasteiger partial charge in [0.15, 0.2) is 0 Å². The lowest BCUT2D eigenvalue weighted by Crippen LogP contribution is -2.17. The SMILES string of the molecule is Cc1cc(N2CCCC2)ccc1/C=C(/C#N)c1ccc(C(F)(F)F)cc1. The number of aryl methyl sites for hydroxylation is 1. The van der Waals surface area contributed by atoms with E-state index in [-0.39, 0.29) is 0 Å². The van der Waals surface area contributed by atoms with Crippen LogP contribution in [-0.2, 0) is 6.18 Å². The first-order chi connectivity index (χ1) is 12.4. The van der Waals surface area contributed by atoms with Crippen LogP contribution in [0.5, 0.6) is 0 Å². The molecule has 0 amide bonds. The van der Waals surface area contributed by atoms with Gasteiger partial charge in [-0.05, 0) is 66.8 Å². The van der Waals surface area contributed by atoms with E-state index in [9.17, 15) is 18.4 Å². The molecule has 0 saturated carbocycles. The maximum atomic E-state index is 12.7. The summed E-state index contributed by atoms with van der Waals surface area (Å²) in [4.78, 5) is 2.33. The minimum atomic E-state index is -4.38. The first-order valence-electron chi connectivity index (χ1n) is 8.53. The Labute approximate surface area is 151 Å². The van der Waals surface area contributed by atoms with Gasteiger partial charge in [0.25, 0.3) is 0 Å². The summed E-state index contributed by atoms with van der Waals surface area (Å²) in [7, 11) is 0. The Bertz CT molecular complexity index is 852. The lowest BCUT2D eigenvalue weighted by molar-refractivity contribution is -0.137. The van der Waals surface area contributed by atoms with Gasteiger partial charge < -0.3 is 4.90 Å². The van der Waals surface area contributed by atoms with Gasteiger partial charge in [0, 0.05) is 18.8 Å². The van der Waals surface area contributed by atoms with Crippen LogP contribution in [0, 0.1) is 18.3 Å². The van der Waals surface area contributed by atoms with Crippen LogP contribution in [0.1, 0.15) is 35.1 Å². The van der Waals surface area contributed by atoms with E-state index in [1.807, 2.05) is 19.1 Å². The number of anilines is 1. The molecule has 1 saturated heterocycles. The van der Waals surface area contributed by atoms with Crippen molar-refractivity contribution >= 4 is 17.3 Å². The lowest BCUT2D eigenvalue weighted by atomic mass is 9.99. The van der Waals surface area contributed by atoms with Crippen molar-refractivity contribution in [3.05, 3.63) is 64.7 Å². The molecule has 134 valence electrons. The predicted octanol–water partition coefficient (Wildman–Crippen LogP) is 5.68. The molecule has 2 nitrogen and oxygen atoms in total. The van der Waals surface area contributed by atoms with E-state index < -0.39 is 11.7 Å². The molecule has 5 heteroatoms. The zero-order chi connectivity index (χ0) is 18.7. The average molecular weight is 356 g/mol. The first-order valence-corrected chi connectivity index (χ1v) is 8.53. The summed E-state index contributed by atoms with van der Waals surface area (Å²) in [6.07, 6.45) is -0.247. The molecule has 0 N–H and O–H groups in total. The molecule has 0 bridgehead atoms. The van der Waals surface area contributed by atoms with Crippen LogP contribution >= 0.6 is 0 Å². The number of halogens is 3. The van der Waals surface area contributed by atoms with Gasteiger partial charge in [-0.15, -0.1) is 0 Å². The first kappa shape index (κ1) is 18.1. The fraction of sp³-hybridized carbons (Fsp3) is 0.286. The van der Waals surface area contributed by atoms with Crippen molar-refractivity contribution in [1.82, 2.24) is 0 Å². The topological polar surface area (TPSA) is 27.0 Å². The molecular formula is C21H19F3N2. The van der Waals surface area contributed by atoms with E-state index in [4.69, 9.17) is 0 Å². The van der Waals surface area contributed by atoms with Crippen LogP contribution < -0.4 is 4.90 Å². The molecular weight excluding hydrogens is 337 g/mol. The van der Waals surface area contributed by atoms with Crippen LogP contribution in [0.25, 0.3) is 11.6 Å². The van der Waals surface area contributed by atoms with E-state index in [1.54, 1.807) is 6.08 Å². The zero-order valence-electron chi connectivity index (χ0n) is 14.5. The van der Waals surface area contributed by atoms with Crippen molar-refractivity contribution in [2.45, 2.75) is 25.9 Å². The van der Waals surface area contributed by atoms with E-state index in [1.165, 1.54) is 30.7 Å². The number of alkyl halides is 3. The Morgan fingerprint density at radius 2 is 1.73 bits per heavy atom. The van der Waals surface area contributed by atoms with Crippen LogP contribution in [0.4, 0.5) is 18.9 Å². The number of hydrogen-bond acceptors (Lipinski definition) is 2. The van der Waals surface area contributed by atoms with Crippen molar-refractivity contribution in [1.29, 1.82) is 5.26 Å². The molecule has 1 aliphatic rings. The van der Waals surface area contributed by atoms with Crippen molar-refractivity contribution in [2.24, 2.45) is 0 Å². The number of nitrogens with zero attached hydrogens (tertiary/aromatic N) is 2. The van der Waals surface area contributed by atoms with Gasteiger partial charge in [0.1, 0.15) is 0 Å². The molecule has 0 spiro atoms. The van der Waals surface area contributed by atoms with E-state index in [2.05, 4.69) is 17.0 Å². The highest BCUT2D eigenvalue weighted by Crippen LogP contribution is 2.31. The van der Waals surface area contributed by atoms with Crippen molar-refractivity contribution < 1.29 is 13.2 Å². The summed E-state index contributed by atoms with van der Waals surface area (Å²) in [5.41, 5.74) is 3.20. The molecule has 2 aromatic rings. The zero-order valence-corrected chi connectivity index (χ0v) is 14.5. The molecule has 0 aromatic heterocycles. The minimum Gasteiger partial charge on any atom is -0.372 e. The highest BCUT2D eigenvalue weighted by molar-refractivity contribution is 5.90. The second-order valence-electron chi connectivity index (χ2n) is 6.48. The van der Waals surface area contributed by atoms with Crippen molar-refractivity contribution in [2.75, 3.05) is 18.0 Å². The summed E-state index contributed by atoms with van der Waals surface area (Å²) in [6.45, 7) is 4.10. The van der Waals surface area contributed by atoms with Crippen LogP contribution in [0.2, 0.25) is 0 Å². The Morgan fingerprint density at radius 3 is 2.27 bits per heavy atom. The molecule has 1 aliphatic heterocycles. The van der Waals surface area contributed by atoms with E-state index in [0.29, 0.717) is 11.1 Å². The number of allylic oxidation sites excluding steroid dienone is 1. The third-order valence-electron chi connectivity index (χ3n) is 4.67. The van der Waals surface area contributed by atoms with Gasteiger partial charge in [-0.3, -0.25) is 0 Å². The van der Waals surface area contributed by atoms with Crippen molar-refractivity contribution in [3.63, 3.8) is 0 Å². The molecule has 0 unspecified atom stereocenters. The normalized spacial score (nSPS) is 15.2. The molecule has 1 fully saturated rings. The Morgan fingerprint density at radius 1 is 1.08 bits per heavy atom. The molecule has 0 atom stereocenters. The maximum absolute atomic E-state index is 12.7. The van der Waals surface area contributed by atoms with E-state index in [0.717, 1.165) is 36.3 Å². The van der Waals surface area contributed by atoms with E-state index >= 15 is 0 Å². The fourth-order valence-corrected chi connectivity index (χ4v) is 3.17. The Kier molecular flexibility index (Phi) is 5.03. The van der Waals surface area contributed by atoms with Gasteiger partial charge in [-0.2, -0.15) is 18.4 Å². The van der Waals surface area contributed by atoms with Gasteiger partial charge >= 0.3 is 6.18 Å². The molecule has 3 rings (SSSR count). The third kappa shape index (κ3) is 3.91. The standard InChI is InChI=1S/C21H19F3N2/c1-15-12-20(26-10-2-3-11-26)9-6-17(15)13-18(14-25)16-4-7-19(8-5-16)21(22,23)24/h4-9,12-13H,2-3,10-11H2,1H3/b18-13-. The van der Waals surface area contributed by atoms with Crippen molar-refractivity contribution in [3.8, 4) is 6.07 Å². The quantitative estimate of drug-likeness (QED) is 0.523. The summed E-state index contributed by atoms with van der Waals surface area (Å²) in [5.74, 6) is 0. The molecule has 1 heterocycles. The second kappa shape index (κ2) is 7.25. The number of hydrogen-bond donors (Lipinski definition) is 0. The van der Waals surface area contributed by atoms with Gasteiger partial charge in [0.05, 0.1) is 17.2 Å². The van der Waals surface area contributed by atoms with Gasteiger partial charge in [0.2, 0.25) is 0 Å². The molecule has 0 radical (unpaired) electrons. The smallest absolute Gasteiger partial charge is 0.372 e. The largest absolute Gasteiger partial charge is 0.416 e. The predicted molar refractivity (Wildman–Crippen MR) is 97.6 cm³/mol. The summed E-state index contributed by atoms with van der Waals surface area (Å²) in [5, 5.41) is 9.44. The Balaban J connectivity index is 1.88. The summed E-state index contributed by atoms with van der Waals surface area (Å²) < 4.78 is 38.1. The molecule has 26 heavy (non-hydrogen) atoms. The third-order valence-corrected chi connectivity index (χ3v) is 4.67. The van der Waals surface area contributed by atoms with Gasteiger partial charge in [-0.1, -0.05) is 18.2 Å². The molecule has 2 aromatic carbocycles. The highest BCUT2D eigenvalue weighted by atomic mass is 19.4. The minimum absolute atomic E-state index is 0.343. The number of rotatable bonds is 3. The van der Waals surface area contributed by atoms with Crippen LogP contribution in [0.3, 0.4) is 0 Å². The highest BCUT2D eigenvalue weighted by Gasteiger charge is 2.30. The molecule has 0 aliphatic carbocycles. The summed E-state index contributed by atoms with van der Waals surface area (Å²) >= 11 is 0. The Hall–Kier alpha value is -2.74. The number of nitriles is 1. The lowest BCUT2D eigenvalue weighted by Gasteiger charge is -2.18. The second-order valence-corrected chi connectivity index (χ2v) is 6.48. The summed E-state index contributed by atoms with van der Waals surface area (Å²) in [6, 6.07) is 12.9. The van der Waals surface area contributed by atoms with Gasteiger partial charge in [-0.25, -0.2) is 0 Å². The van der Waals surface area contributed by atoms with Crippen LogP contribution in [0.15, 0.2) is 42.5 Å². The maximum Gasteiger partial charge on any atom is 0.416 e. The number of benzene rings is 2. The average Bonchev–Trinajstić information content (AvgIpc) is 3.15. The monoisotopic (exact) mass is 356 g/mol. The van der Waals surface area contributed by atoms with Crippen LogP contribution in [-0.4, -0.2) is 13.1 Å². The fourth-order valence-electron chi connectivity index (χ4n) is 3.17.